The second-order valence-electron chi connectivity index (χ2n) is 8.13. The van der Waals surface area contributed by atoms with E-state index >= 15 is 0 Å². The molecule has 31 heavy (non-hydrogen) atoms. The summed E-state index contributed by atoms with van der Waals surface area (Å²) in [6.45, 7) is 2.07. The number of ether oxygens (including phenoxy) is 1. The number of benzene rings is 2. The molecule has 0 saturated heterocycles. The van der Waals surface area contributed by atoms with Crippen molar-refractivity contribution in [1.82, 2.24) is 5.32 Å². The maximum absolute atomic E-state index is 14.3. The topological polar surface area (TPSA) is 58.6 Å². The van der Waals surface area contributed by atoms with E-state index in [1.165, 1.54) is 29.2 Å². The lowest BCUT2D eigenvalue weighted by molar-refractivity contribution is -0.124. The first-order chi connectivity index (χ1) is 14.9. The minimum atomic E-state index is -0.564. The molecule has 7 heteroatoms. The maximum Gasteiger partial charge on any atom is 0.294 e. The molecule has 1 fully saturated rings. The molecule has 1 aliphatic heterocycles. The Labute approximate surface area is 185 Å². The molecule has 0 unspecified atom stereocenters. The third-order valence-corrected chi connectivity index (χ3v) is 6.12. The summed E-state index contributed by atoms with van der Waals surface area (Å²) >= 11 is 6.11. The van der Waals surface area contributed by atoms with Crippen LogP contribution < -0.4 is 15.0 Å². The third-order valence-electron chi connectivity index (χ3n) is 5.79. The summed E-state index contributed by atoms with van der Waals surface area (Å²) < 4.78 is 20.0. The molecule has 0 atom stereocenters. The predicted molar refractivity (Wildman–Crippen MR) is 118 cm³/mol. The van der Waals surface area contributed by atoms with E-state index in [1.807, 2.05) is 0 Å². The van der Waals surface area contributed by atoms with E-state index in [0.717, 1.165) is 25.7 Å². The van der Waals surface area contributed by atoms with E-state index in [9.17, 15) is 14.0 Å². The number of carbonyl (C=O) groups is 2. The number of hydrogen-bond donors (Lipinski definition) is 1. The average molecular weight is 443 g/mol. The van der Waals surface area contributed by atoms with Gasteiger partial charge in [-0.15, -0.1) is 0 Å². The average Bonchev–Trinajstić information content (AvgIpc) is 2.75. The van der Waals surface area contributed by atoms with Crippen LogP contribution >= 0.6 is 11.6 Å². The van der Waals surface area contributed by atoms with Gasteiger partial charge >= 0.3 is 0 Å². The summed E-state index contributed by atoms with van der Waals surface area (Å²) in [7, 11) is 0. The Morgan fingerprint density at radius 1 is 1.19 bits per heavy atom. The van der Waals surface area contributed by atoms with Gasteiger partial charge in [0.2, 0.25) is 5.91 Å². The van der Waals surface area contributed by atoms with Gasteiger partial charge in [-0.1, -0.05) is 36.7 Å². The van der Waals surface area contributed by atoms with Crippen LogP contribution in [0.3, 0.4) is 0 Å². The van der Waals surface area contributed by atoms with E-state index < -0.39 is 11.7 Å². The summed E-state index contributed by atoms with van der Waals surface area (Å²) in [4.78, 5) is 27.3. The molecular weight excluding hydrogens is 419 g/mol. The monoisotopic (exact) mass is 442 g/mol. The molecule has 4 rings (SSSR count). The fraction of sp³-hybridized carbons (Fsp3) is 0.333. The van der Waals surface area contributed by atoms with Crippen LogP contribution in [0.25, 0.3) is 6.08 Å². The number of carbonyl (C=O) groups excluding carboxylic acids is 2. The Morgan fingerprint density at radius 2 is 1.94 bits per heavy atom. The lowest BCUT2D eigenvalue weighted by Crippen LogP contribution is -2.47. The molecule has 2 aliphatic rings. The smallest absolute Gasteiger partial charge is 0.294 e. The first-order valence-corrected chi connectivity index (χ1v) is 10.8. The van der Waals surface area contributed by atoms with Crippen LogP contribution in [-0.2, 0) is 9.59 Å². The number of fused-ring (bicyclic) bond motifs is 1. The highest BCUT2D eigenvalue weighted by atomic mass is 35.5. The zero-order valence-corrected chi connectivity index (χ0v) is 18.0. The van der Waals surface area contributed by atoms with Crippen LogP contribution in [0.1, 0.15) is 38.2 Å². The van der Waals surface area contributed by atoms with Crippen LogP contribution in [0.4, 0.5) is 10.1 Å². The Morgan fingerprint density at radius 3 is 2.68 bits per heavy atom. The molecule has 2 aromatic rings. The minimum Gasteiger partial charge on any atom is -0.449 e. The van der Waals surface area contributed by atoms with Crippen molar-refractivity contribution in [3.8, 4) is 5.75 Å². The number of nitrogens with one attached hydrogen (secondary N) is 1. The van der Waals surface area contributed by atoms with Crippen LogP contribution in [0, 0.1) is 11.7 Å². The number of hydrogen-bond acceptors (Lipinski definition) is 3. The van der Waals surface area contributed by atoms with E-state index in [2.05, 4.69) is 12.2 Å². The highest BCUT2D eigenvalue weighted by Crippen LogP contribution is 2.36. The van der Waals surface area contributed by atoms with Gasteiger partial charge in [-0.2, -0.15) is 0 Å². The third kappa shape index (κ3) is 4.74. The zero-order valence-electron chi connectivity index (χ0n) is 17.2. The molecule has 1 N–H and O–H groups in total. The number of amides is 2. The number of anilines is 1. The molecule has 1 saturated carbocycles. The van der Waals surface area contributed by atoms with Crippen LogP contribution in [0.5, 0.6) is 5.75 Å². The van der Waals surface area contributed by atoms with Gasteiger partial charge in [-0.25, -0.2) is 4.39 Å². The molecule has 5 nitrogen and oxygen atoms in total. The maximum atomic E-state index is 14.3. The van der Waals surface area contributed by atoms with E-state index in [4.69, 9.17) is 16.3 Å². The number of rotatable bonds is 4. The van der Waals surface area contributed by atoms with Gasteiger partial charge in [0, 0.05) is 11.6 Å². The summed E-state index contributed by atoms with van der Waals surface area (Å²) in [6.07, 6.45) is 5.33. The minimum absolute atomic E-state index is 0.0626. The van der Waals surface area contributed by atoms with Crippen molar-refractivity contribution in [3.05, 3.63) is 64.6 Å². The molecule has 1 heterocycles. The fourth-order valence-electron chi connectivity index (χ4n) is 4.02. The van der Waals surface area contributed by atoms with Gasteiger partial charge in [0.25, 0.3) is 5.91 Å². The van der Waals surface area contributed by atoms with Crippen molar-refractivity contribution in [3.63, 3.8) is 0 Å². The zero-order chi connectivity index (χ0) is 22.0. The highest BCUT2D eigenvalue weighted by molar-refractivity contribution is 6.32. The van der Waals surface area contributed by atoms with Gasteiger partial charge in [-0.3, -0.25) is 14.5 Å². The van der Waals surface area contributed by atoms with Gasteiger partial charge in [0.05, 0.1) is 10.7 Å². The van der Waals surface area contributed by atoms with E-state index in [1.54, 1.807) is 24.3 Å². The Bertz CT molecular complexity index is 1010. The summed E-state index contributed by atoms with van der Waals surface area (Å²) in [5, 5.41) is 3.21. The molecule has 162 valence electrons. The summed E-state index contributed by atoms with van der Waals surface area (Å²) in [5.74, 6) is -0.312. The quantitative estimate of drug-likeness (QED) is 0.682. The highest BCUT2D eigenvalue weighted by Gasteiger charge is 2.32. The SMILES string of the molecule is CC1CCC(NC(=O)CN2C(=O)/C(=C/c3c(F)cccc3Cl)Oc3ccccc32)CC1. The van der Waals surface area contributed by atoms with Crippen molar-refractivity contribution < 1.29 is 18.7 Å². The van der Waals surface area contributed by atoms with Gasteiger partial charge in [0.15, 0.2) is 11.5 Å². The van der Waals surface area contributed by atoms with Crippen molar-refractivity contribution in [2.45, 2.75) is 38.6 Å². The van der Waals surface area contributed by atoms with Crippen LogP contribution in [0.2, 0.25) is 5.02 Å². The van der Waals surface area contributed by atoms with Crippen LogP contribution in [-0.4, -0.2) is 24.4 Å². The van der Waals surface area contributed by atoms with Crippen molar-refractivity contribution in [2.24, 2.45) is 5.92 Å². The Kier molecular flexibility index (Phi) is 6.28. The first-order valence-electron chi connectivity index (χ1n) is 10.5. The second kappa shape index (κ2) is 9.10. The molecule has 1 aliphatic carbocycles. The van der Waals surface area contributed by atoms with Gasteiger partial charge < -0.3 is 10.1 Å². The van der Waals surface area contributed by atoms with Crippen molar-refractivity contribution in [2.75, 3.05) is 11.4 Å². The normalized spacial score (nSPS) is 22.1. The summed E-state index contributed by atoms with van der Waals surface area (Å²) in [6, 6.07) is 11.4. The molecule has 0 radical (unpaired) electrons. The number of para-hydroxylation sites is 2. The molecule has 0 spiro atoms. The second-order valence-corrected chi connectivity index (χ2v) is 8.54. The Balaban J connectivity index is 1.58. The molecule has 0 bridgehead atoms. The van der Waals surface area contributed by atoms with E-state index in [-0.39, 0.29) is 34.8 Å². The molecule has 0 aromatic heterocycles. The molecule has 2 amide bonds. The fourth-order valence-corrected chi connectivity index (χ4v) is 4.24. The van der Waals surface area contributed by atoms with Crippen molar-refractivity contribution in [1.29, 1.82) is 0 Å². The standard InChI is InChI=1S/C24H24ClFN2O3/c1-15-9-11-16(12-10-15)27-23(29)14-28-20-7-2-3-8-21(20)31-22(24(28)30)13-17-18(25)5-4-6-19(17)26/h2-8,13,15-16H,9-12,14H2,1H3,(H,27,29)/b22-13-. The number of halogens is 2. The molecule has 2 aromatic carbocycles. The van der Waals surface area contributed by atoms with Crippen molar-refractivity contribution >= 4 is 35.2 Å². The summed E-state index contributed by atoms with van der Waals surface area (Å²) in [5.41, 5.74) is 0.560. The number of nitrogens with zero attached hydrogens (tertiary/aromatic N) is 1. The predicted octanol–water partition coefficient (Wildman–Crippen LogP) is 4.94. The van der Waals surface area contributed by atoms with Crippen LogP contribution in [0.15, 0.2) is 48.2 Å². The van der Waals surface area contributed by atoms with Gasteiger partial charge in [0.1, 0.15) is 12.4 Å². The lowest BCUT2D eigenvalue weighted by Gasteiger charge is -2.31. The van der Waals surface area contributed by atoms with E-state index in [0.29, 0.717) is 17.4 Å². The Hall–Kier alpha value is -2.86. The molecular formula is C24H24ClFN2O3. The van der Waals surface area contributed by atoms with Gasteiger partial charge in [-0.05, 0) is 61.9 Å². The largest absolute Gasteiger partial charge is 0.449 e. The lowest BCUT2D eigenvalue weighted by atomic mass is 9.87. The first kappa shape index (κ1) is 21.4.